The number of benzene rings is 2. The van der Waals surface area contributed by atoms with Crippen LogP contribution in [0.3, 0.4) is 0 Å². The number of ether oxygens (including phenoxy) is 1. The van der Waals surface area contributed by atoms with E-state index in [0.717, 1.165) is 48.8 Å². The van der Waals surface area contributed by atoms with E-state index in [4.69, 9.17) is 14.6 Å². The molecule has 0 atom stereocenters. The third kappa shape index (κ3) is 4.36. The molecule has 7 heteroatoms. The number of hydrogen-bond acceptors (Lipinski definition) is 4. The Balaban J connectivity index is 1.56. The van der Waals surface area contributed by atoms with Gasteiger partial charge in [0.2, 0.25) is 5.96 Å². The van der Waals surface area contributed by atoms with Crippen LogP contribution in [0.15, 0.2) is 53.5 Å². The monoisotopic (exact) mass is 398 g/mol. The number of aliphatic imine (C=N–C) groups is 1. The van der Waals surface area contributed by atoms with Crippen LogP contribution < -0.4 is 10.2 Å². The summed E-state index contributed by atoms with van der Waals surface area (Å²) in [6.07, 6.45) is 1.75. The van der Waals surface area contributed by atoms with Gasteiger partial charge in [0, 0.05) is 32.5 Å². The van der Waals surface area contributed by atoms with Gasteiger partial charge in [0.25, 0.3) is 0 Å². The Hall–Kier alpha value is -2.64. The van der Waals surface area contributed by atoms with Gasteiger partial charge in [0.05, 0.1) is 13.7 Å². The second-order valence-corrected chi connectivity index (χ2v) is 7.65. The number of nitrogens with zero attached hydrogens (tertiary/aromatic N) is 3. The fourth-order valence-corrected chi connectivity index (χ4v) is 3.79. The zero-order valence-corrected chi connectivity index (χ0v) is 16.9. The van der Waals surface area contributed by atoms with Crippen molar-refractivity contribution in [3.05, 3.63) is 65.5 Å². The number of piperidine rings is 1. The van der Waals surface area contributed by atoms with Crippen LogP contribution in [-0.2, 0) is 17.9 Å². The van der Waals surface area contributed by atoms with Crippen LogP contribution >= 0.6 is 0 Å². The summed E-state index contributed by atoms with van der Waals surface area (Å²) in [5.74, 6) is 1.31. The van der Waals surface area contributed by atoms with E-state index in [1.807, 2.05) is 36.4 Å². The highest BCUT2D eigenvalue weighted by Gasteiger charge is 2.47. The topological polar surface area (TPSA) is 49.3 Å². The number of nitrogens with one attached hydrogen (secondary N) is 1. The molecule has 1 N–H and O–H groups in total. The third-order valence-electron chi connectivity index (χ3n) is 5.67. The molecule has 0 aromatic heterocycles. The second-order valence-electron chi connectivity index (χ2n) is 7.65. The Kier molecular flexibility index (Phi) is 5.69. The van der Waals surface area contributed by atoms with Gasteiger partial charge >= 0.3 is 0 Å². The van der Waals surface area contributed by atoms with Gasteiger partial charge in [-0.1, -0.05) is 24.3 Å². The molecule has 29 heavy (non-hydrogen) atoms. The van der Waals surface area contributed by atoms with Crippen LogP contribution in [0.1, 0.15) is 24.0 Å². The van der Waals surface area contributed by atoms with E-state index in [1.54, 1.807) is 7.11 Å². The maximum absolute atomic E-state index is 13.3. The largest absolute Gasteiger partial charge is 0.497 e. The summed E-state index contributed by atoms with van der Waals surface area (Å²) in [6.45, 7) is 3.05. The summed E-state index contributed by atoms with van der Waals surface area (Å²) in [4.78, 5) is 15.4. The second kappa shape index (κ2) is 8.39. The standard InChI is InChI=1S/C22H27FN4O2/c1-26-13-11-22(12-14-26)27(16-18-3-7-19(23)8-4-18)21(25-29-22)24-15-17-5-9-20(28-2)10-6-17/h3-10H,11-16H2,1-2H3,(H,24,25). The lowest BCUT2D eigenvalue weighted by atomic mass is 9.98. The summed E-state index contributed by atoms with van der Waals surface area (Å²) in [5.41, 5.74) is 4.75. The first-order valence-corrected chi connectivity index (χ1v) is 9.90. The minimum atomic E-state index is -0.431. The average molecular weight is 398 g/mol. The Morgan fingerprint density at radius 2 is 1.72 bits per heavy atom. The number of likely N-dealkylation sites (tertiary alicyclic amines) is 1. The summed E-state index contributed by atoms with van der Waals surface area (Å²) in [7, 11) is 3.78. The molecule has 2 heterocycles. The number of rotatable bonds is 5. The highest BCUT2D eigenvalue weighted by molar-refractivity contribution is 5.81. The van der Waals surface area contributed by atoms with Gasteiger partial charge in [-0.05, 0) is 42.4 Å². The van der Waals surface area contributed by atoms with Crippen molar-refractivity contribution in [2.45, 2.75) is 31.7 Å². The Morgan fingerprint density at radius 1 is 1.07 bits per heavy atom. The van der Waals surface area contributed by atoms with Crippen molar-refractivity contribution in [1.82, 2.24) is 15.3 Å². The van der Waals surface area contributed by atoms with E-state index < -0.39 is 5.72 Å². The molecule has 154 valence electrons. The number of hydroxylamine groups is 1. The molecule has 0 saturated carbocycles. The molecule has 0 aliphatic carbocycles. The Bertz CT molecular complexity index is 846. The maximum atomic E-state index is 13.3. The van der Waals surface area contributed by atoms with Crippen molar-refractivity contribution in [1.29, 1.82) is 0 Å². The first-order valence-electron chi connectivity index (χ1n) is 9.90. The van der Waals surface area contributed by atoms with Crippen LogP contribution in [-0.4, -0.2) is 48.7 Å². The molecule has 0 radical (unpaired) electrons. The number of hydrogen-bond donors (Lipinski definition) is 1. The fourth-order valence-electron chi connectivity index (χ4n) is 3.79. The lowest BCUT2D eigenvalue weighted by Gasteiger charge is -2.41. The smallest absolute Gasteiger partial charge is 0.221 e. The molecular weight excluding hydrogens is 371 g/mol. The minimum Gasteiger partial charge on any atom is -0.497 e. The van der Waals surface area contributed by atoms with E-state index in [1.165, 1.54) is 12.1 Å². The van der Waals surface area contributed by atoms with Gasteiger partial charge in [-0.2, -0.15) is 0 Å². The molecule has 1 spiro atoms. The van der Waals surface area contributed by atoms with E-state index in [0.29, 0.717) is 13.1 Å². The molecule has 0 bridgehead atoms. The van der Waals surface area contributed by atoms with Crippen molar-refractivity contribution in [2.75, 3.05) is 27.2 Å². The average Bonchev–Trinajstić information content (AvgIpc) is 3.08. The molecule has 0 amide bonds. The Labute approximate surface area is 170 Å². The minimum absolute atomic E-state index is 0.230. The molecule has 2 aromatic rings. The van der Waals surface area contributed by atoms with Gasteiger partial charge < -0.3 is 14.5 Å². The molecule has 2 fully saturated rings. The highest BCUT2D eigenvalue weighted by Crippen LogP contribution is 2.34. The van der Waals surface area contributed by atoms with E-state index in [9.17, 15) is 4.39 Å². The van der Waals surface area contributed by atoms with E-state index in [-0.39, 0.29) is 5.82 Å². The normalized spacial score (nSPS) is 20.2. The zero-order chi connectivity index (χ0) is 20.3. The lowest BCUT2D eigenvalue weighted by molar-refractivity contribution is -0.143. The van der Waals surface area contributed by atoms with Crippen molar-refractivity contribution in [2.24, 2.45) is 4.99 Å². The summed E-state index contributed by atoms with van der Waals surface area (Å²) >= 11 is 0. The van der Waals surface area contributed by atoms with Crippen molar-refractivity contribution in [3.63, 3.8) is 0 Å². The predicted molar refractivity (Wildman–Crippen MR) is 110 cm³/mol. The van der Waals surface area contributed by atoms with Crippen LogP contribution in [0.5, 0.6) is 5.75 Å². The SMILES string of the molecule is COc1ccc(CN=C2NOC3(CCN(C)CC3)N2Cc2ccc(F)cc2)cc1. The lowest BCUT2D eigenvalue weighted by Crippen LogP contribution is -2.52. The molecule has 2 aliphatic heterocycles. The van der Waals surface area contributed by atoms with E-state index in [2.05, 4.69) is 22.3 Å². The predicted octanol–water partition coefficient (Wildman–Crippen LogP) is 3.15. The van der Waals surface area contributed by atoms with E-state index >= 15 is 0 Å². The fraction of sp³-hybridized carbons (Fsp3) is 0.409. The van der Waals surface area contributed by atoms with Gasteiger partial charge in [0.15, 0.2) is 5.72 Å². The van der Waals surface area contributed by atoms with Crippen molar-refractivity contribution in [3.8, 4) is 5.75 Å². The zero-order valence-electron chi connectivity index (χ0n) is 16.9. The van der Waals surface area contributed by atoms with Gasteiger partial charge in [0.1, 0.15) is 11.6 Å². The molecule has 0 unspecified atom stereocenters. The van der Waals surface area contributed by atoms with Crippen molar-refractivity contribution < 1.29 is 14.0 Å². The number of methoxy groups -OCH3 is 1. The third-order valence-corrected chi connectivity index (χ3v) is 5.67. The molecule has 2 aliphatic rings. The summed E-state index contributed by atoms with van der Waals surface area (Å²) < 4.78 is 18.6. The van der Waals surface area contributed by atoms with Crippen LogP contribution in [0, 0.1) is 5.82 Å². The maximum Gasteiger partial charge on any atom is 0.221 e. The molecule has 4 rings (SSSR count). The molecular formula is C22H27FN4O2. The van der Waals surface area contributed by atoms with Gasteiger partial charge in [-0.25, -0.2) is 19.7 Å². The van der Waals surface area contributed by atoms with Crippen LogP contribution in [0.2, 0.25) is 0 Å². The summed E-state index contributed by atoms with van der Waals surface area (Å²) in [5, 5.41) is 0. The molecule has 2 saturated heterocycles. The highest BCUT2D eigenvalue weighted by atomic mass is 19.1. The van der Waals surface area contributed by atoms with Crippen molar-refractivity contribution >= 4 is 5.96 Å². The van der Waals surface area contributed by atoms with Crippen LogP contribution in [0.4, 0.5) is 4.39 Å². The quantitative estimate of drug-likeness (QED) is 0.839. The van der Waals surface area contributed by atoms with Crippen LogP contribution in [0.25, 0.3) is 0 Å². The molecule has 6 nitrogen and oxygen atoms in total. The number of guanidine groups is 1. The summed E-state index contributed by atoms with van der Waals surface area (Å²) in [6, 6.07) is 14.5. The Morgan fingerprint density at radius 3 is 2.38 bits per heavy atom. The first kappa shape index (κ1) is 19.7. The number of halogens is 1. The van der Waals surface area contributed by atoms with Gasteiger partial charge in [-0.15, -0.1) is 0 Å². The van der Waals surface area contributed by atoms with Gasteiger partial charge in [-0.3, -0.25) is 0 Å². The first-order chi connectivity index (χ1) is 14.1. The molecule has 2 aromatic carbocycles.